The molecule has 5 heteroatoms. The predicted octanol–water partition coefficient (Wildman–Crippen LogP) is 2.83. The Hall–Kier alpha value is -2.87. The number of aromatic nitrogens is 3. The fourth-order valence-corrected chi connectivity index (χ4v) is 2.22. The molecule has 0 saturated carbocycles. The first-order chi connectivity index (χ1) is 9.29. The van der Waals surface area contributed by atoms with E-state index in [1.54, 1.807) is 18.6 Å². The number of benzene rings is 1. The van der Waals surface area contributed by atoms with Gasteiger partial charge in [0.25, 0.3) is 0 Å². The Labute approximate surface area is 109 Å². The van der Waals surface area contributed by atoms with Gasteiger partial charge in [0.1, 0.15) is 0 Å². The van der Waals surface area contributed by atoms with Gasteiger partial charge in [-0.25, -0.2) is 9.97 Å². The molecule has 0 aliphatic rings. The maximum Gasteiger partial charge on any atom is 0.236 e. The Bertz CT molecular complexity index is 765. The van der Waals surface area contributed by atoms with Crippen LogP contribution in [-0.2, 0) is 0 Å². The van der Waals surface area contributed by atoms with Crippen molar-refractivity contribution in [1.29, 1.82) is 5.26 Å². The highest BCUT2D eigenvalue weighted by molar-refractivity contribution is 5.97. The number of nitrogens with zero attached hydrogens (tertiary/aromatic N) is 3. The summed E-state index contributed by atoms with van der Waals surface area (Å²) in [7, 11) is 0. The Morgan fingerprint density at radius 3 is 2.68 bits per heavy atom. The summed E-state index contributed by atoms with van der Waals surface area (Å²) >= 11 is 0. The van der Waals surface area contributed by atoms with Crippen LogP contribution < -0.4 is 5.32 Å². The van der Waals surface area contributed by atoms with E-state index in [2.05, 4.69) is 26.3 Å². The lowest BCUT2D eigenvalue weighted by Crippen LogP contribution is -1.95. The summed E-state index contributed by atoms with van der Waals surface area (Å²) in [6, 6.07) is 8.11. The van der Waals surface area contributed by atoms with Crippen molar-refractivity contribution >= 4 is 16.9 Å². The molecule has 0 aliphatic carbocycles. The van der Waals surface area contributed by atoms with Crippen molar-refractivity contribution < 1.29 is 0 Å². The number of hydrogen-bond acceptors (Lipinski definition) is 4. The van der Waals surface area contributed by atoms with Crippen molar-refractivity contribution in [3.8, 4) is 17.3 Å². The minimum absolute atomic E-state index is 0.309. The van der Waals surface area contributed by atoms with Crippen LogP contribution in [0.2, 0.25) is 0 Å². The normalized spacial score (nSPS) is 10.3. The van der Waals surface area contributed by atoms with Crippen LogP contribution in [0, 0.1) is 18.4 Å². The Morgan fingerprint density at radius 2 is 1.95 bits per heavy atom. The zero-order valence-corrected chi connectivity index (χ0v) is 10.3. The Kier molecular flexibility index (Phi) is 2.62. The van der Waals surface area contributed by atoms with Crippen LogP contribution >= 0.6 is 0 Å². The third-order valence-electron chi connectivity index (χ3n) is 3.00. The number of aryl methyl sites for hydroxylation is 1. The molecule has 0 amide bonds. The molecule has 2 N–H and O–H groups in total. The number of nitriles is 1. The number of fused-ring (bicyclic) bond motifs is 1. The molecule has 0 fully saturated rings. The third-order valence-corrected chi connectivity index (χ3v) is 3.00. The first kappa shape index (κ1) is 11.2. The van der Waals surface area contributed by atoms with E-state index in [0.29, 0.717) is 5.95 Å². The summed E-state index contributed by atoms with van der Waals surface area (Å²) in [5.41, 5.74) is 4.19. The molecule has 0 bridgehead atoms. The lowest BCUT2D eigenvalue weighted by Gasteiger charge is -2.02. The largest absolute Gasteiger partial charge is 0.358 e. The molecule has 2 aromatic heterocycles. The molecule has 3 rings (SSSR count). The van der Waals surface area contributed by atoms with Crippen molar-refractivity contribution in [3.63, 3.8) is 0 Å². The molecule has 0 aliphatic heterocycles. The summed E-state index contributed by atoms with van der Waals surface area (Å²) < 4.78 is 0. The molecule has 0 saturated heterocycles. The van der Waals surface area contributed by atoms with E-state index < -0.39 is 0 Å². The van der Waals surface area contributed by atoms with Crippen LogP contribution in [0.25, 0.3) is 22.0 Å². The van der Waals surface area contributed by atoms with Gasteiger partial charge in [0.2, 0.25) is 5.95 Å². The Balaban J connectivity index is 2.14. The molecule has 3 aromatic rings. The molecular formula is C14H11N5. The molecule has 0 spiro atoms. The molecule has 2 heterocycles. The van der Waals surface area contributed by atoms with E-state index in [4.69, 9.17) is 5.26 Å². The topological polar surface area (TPSA) is 77.4 Å². The fraction of sp³-hybridized carbons (Fsp3) is 0.0714. The van der Waals surface area contributed by atoms with E-state index in [9.17, 15) is 0 Å². The molecule has 0 unspecified atom stereocenters. The second kappa shape index (κ2) is 4.42. The number of aromatic amines is 1. The van der Waals surface area contributed by atoms with Gasteiger partial charge >= 0.3 is 0 Å². The van der Waals surface area contributed by atoms with Gasteiger partial charge in [-0.05, 0) is 13.0 Å². The van der Waals surface area contributed by atoms with Crippen LogP contribution in [0.3, 0.4) is 0 Å². The fourth-order valence-electron chi connectivity index (χ4n) is 2.22. The minimum atomic E-state index is 0.309. The number of H-pyrrole nitrogens is 1. The summed E-state index contributed by atoms with van der Waals surface area (Å²) in [6.07, 6.45) is 5.23. The van der Waals surface area contributed by atoms with Crippen LogP contribution in [-0.4, -0.2) is 15.0 Å². The highest BCUT2D eigenvalue weighted by Crippen LogP contribution is 2.31. The highest BCUT2D eigenvalue weighted by Gasteiger charge is 2.10. The smallest absolute Gasteiger partial charge is 0.236 e. The third kappa shape index (κ3) is 1.89. The molecular weight excluding hydrogens is 238 g/mol. The van der Waals surface area contributed by atoms with Gasteiger partial charge in [0.05, 0.1) is 0 Å². The van der Waals surface area contributed by atoms with Gasteiger partial charge < -0.3 is 4.98 Å². The number of hydrogen-bond donors (Lipinski definition) is 2. The predicted molar refractivity (Wildman–Crippen MR) is 73.3 cm³/mol. The van der Waals surface area contributed by atoms with Crippen LogP contribution in [0.4, 0.5) is 5.95 Å². The van der Waals surface area contributed by atoms with Crippen LogP contribution in [0.5, 0.6) is 0 Å². The molecule has 1 aromatic carbocycles. The molecule has 5 nitrogen and oxygen atoms in total. The van der Waals surface area contributed by atoms with Gasteiger partial charge in [0.15, 0.2) is 6.19 Å². The average Bonchev–Trinajstić information content (AvgIpc) is 2.76. The summed E-state index contributed by atoms with van der Waals surface area (Å²) in [5.74, 6) is 0.309. The van der Waals surface area contributed by atoms with Gasteiger partial charge in [-0.2, -0.15) is 5.26 Å². The number of nitrogens with one attached hydrogen (secondary N) is 2. The SMILES string of the molecule is Cc1[nH]c2ccccc2c1-c1cnc(NC#N)nc1. The molecule has 92 valence electrons. The van der Waals surface area contributed by atoms with Gasteiger partial charge in [0, 0.05) is 40.1 Å². The van der Waals surface area contributed by atoms with Crippen molar-refractivity contribution in [1.82, 2.24) is 15.0 Å². The summed E-state index contributed by atoms with van der Waals surface area (Å²) in [6.45, 7) is 2.02. The van der Waals surface area contributed by atoms with Gasteiger partial charge in [-0.1, -0.05) is 18.2 Å². The molecule has 0 radical (unpaired) electrons. The van der Waals surface area contributed by atoms with E-state index >= 15 is 0 Å². The monoisotopic (exact) mass is 249 g/mol. The van der Waals surface area contributed by atoms with Gasteiger partial charge in [-0.15, -0.1) is 0 Å². The summed E-state index contributed by atoms with van der Waals surface area (Å²) in [5, 5.41) is 12.1. The van der Waals surface area contributed by atoms with E-state index in [1.807, 2.05) is 25.1 Å². The quantitative estimate of drug-likeness (QED) is 0.540. The standard InChI is InChI=1S/C14H11N5/c1-9-13(11-4-2-3-5-12(11)19-9)10-6-16-14(17-7-10)18-8-15/h2-7,19H,1H3,(H,16,17,18). The van der Waals surface area contributed by atoms with E-state index in [-0.39, 0.29) is 0 Å². The van der Waals surface area contributed by atoms with Crippen LogP contribution in [0.15, 0.2) is 36.7 Å². The number of anilines is 1. The highest BCUT2D eigenvalue weighted by atomic mass is 15.1. The maximum absolute atomic E-state index is 8.51. The second-order valence-electron chi connectivity index (χ2n) is 4.20. The van der Waals surface area contributed by atoms with Crippen LogP contribution in [0.1, 0.15) is 5.69 Å². The first-order valence-corrected chi connectivity index (χ1v) is 5.84. The first-order valence-electron chi connectivity index (χ1n) is 5.84. The molecule has 19 heavy (non-hydrogen) atoms. The van der Waals surface area contributed by atoms with Gasteiger partial charge in [-0.3, -0.25) is 5.32 Å². The average molecular weight is 249 g/mol. The number of para-hydroxylation sites is 1. The van der Waals surface area contributed by atoms with E-state index in [0.717, 1.165) is 27.7 Å². The maximum atomic E-state index is 8.51. The summed E-state index contributed by atoms with van der Waals surface area (Å²) in [4.78, 5) is 11.6. The number of rotatable bonds is 2. The Morgan fingerprint density at radius 1 is 1.21 bits per heavy atom. The lowest BCUT2D eigenvalue weighted by atomic mass is 10.1. The minimum Gasteiger partial charge on any atom is -0.358 e. The second-order valence-corrected chi connectivity index (χ2v) is 4.20. The lowest BCUT2D eigenvalue weighted by molar-refractivity contribution is 1.16. The van der Waals surface area contributed by atoms with Crippen molar-refractivity contribution in [3.05, 3.63) is 42.4 Å². The van der Waals surface area contributed by atoms with E-state index in [1.165, 1.54) is 0 Å². The zero-order chi connectivity index (χ0) is 13.2. The van der Waals surface area contributed by atoms with Crippen molar-refractivity contribution in [2.24, 2.45) is 0 Å². The zero-order valence-electron chi connectivity index (χ0n) is 10.3. The van der Waals surface area contributed by atoms with Crippen molar-refractivity contribution in [2.75, 3.05) is 5.32 Å². The van der Waals surface area contributed by atoms with Crippen molar-refractivity contribution in [2.45, 2.75) is 6.92 Å². The molecule has 0 atom stereocenters.